The molecule has 3 rings (SSSR count). The maximum atomic E-state index is 4.72. The average Bonchev–Trinajstić information content (AvgIpc) is 3.31. The van der Waals surface area contributed by atoms with Crippen LogP contribution < -0.4 is 10.6 Å². The second kappa shape index (κ2) is 11.2. The topological polar surface area (TPSA) is 80.0 Å². The molecular formula is C20H28IN7S. The summed E-state index contributed by atoms with van der Waals surface area (Å²) in [5.41, 5.74) is 1.20. The Hall–Kier alpha value is -2.01. The highest BCUT2D eigenvalue weighted by Gasteiger charge is 2.10. The third-order valence-corrected chi connectivity index (χ3v) is 5.71. The molecule has 2 heterocycles. The SMILES string of the molecule is CCc1cnc(CNC(=NCc2nnc(C)n2C)NC(C)c2ccccc2)s1.I. The van der Waals surface area contributed by atoms with Gasteiger partial charge in [-0.15, -0.1) is 45.5 Å². The number of nitrogens with one attached hydrogen (secondary N) is 2. The lowest BCUT2D eigenvalue weighted by atomic mass is 10.1. The predicted octanol–water partition coefficient (Wildman–Crippen LogP) is 3.76. The summed E-state index contributed by atoms with van der Waals surface area (Å²) in [6.45, 7) is 7.28. The summed E-state index contributed by atoms with van der Waals surface area (Å²) in [5.74, 6) is 2.43. The first-order valence-corrected chi connectivity index (χ1v) is 10.3. The molecule has 2 N–H and O–H groups in total. The molecule has 0 saturated heterocycles. The lowest BCUT2D eigenvalue weighted by molar-refractivity contribution is 0.675. The van der Waals surface area contributed by atoms with Crippen molar-refractivity contribution in [2.75, 3.05) is 0 Å². The molecule has 0 bridgehead atoms. The van der Waals surface area contributed by atoms with Crippen LogP contribution in [0.3, 0.4) is 0 Å². The minimum Gasteiger partial charge on any atom is -0.350 e. The highest BCUT2D eigenvalue weighted by atomic mass is 127. The maximum Gasteiger partial charge on any atom is 0.192 e. The van der Waals surface area contributed by atoms with Gasteiger partial charge in [0.15, 0.2) is 11.8 Å². The first-order valence-electron chi connectivity index (χ1n) is 9.45. The number of thiazole rings is 1. The molecule has 0 saturated carbocycles. The molecule has 29 heavy (non-hydrogen) atoms. The van der Waals surface area contributed by atoms with Crippen LogP contribution in [-0.4, -0.2) is 25.7 Å². The van der Waals surface area contributed by atoms with Gasteiger partial charge in [-0.25, -0.2) is 9.98 Å². The molecule has 7 nitrogen and oxygen atoms in total. The molecule has 0 spiro atoms. The van der Waals surface area contributed by atoms with Gasteiger partial charge in [0, 0.05) is 18.1 Å². The van der Waals surface area contributed by atoms with Crippen LogP contribution in [0.1, 0.15) is 47.0 Å². The first kappa shape index (κ1) is 23.3. The molecule has 0 aliphatic carbocycles. The largest absolute Gasteiger partial charge is 0.350 e. The zero-order chi connectivity index (χ0) is 19.9. The van der Waals surface area contributed by atoms with E-state index in [-0.39, 0.29) is 30.0 Å². The van der Waals surface area contributed by atoms with Crippen molar-refractivity contribution in [1.29, 1.82) is 0 Å². The standard InChI is InChI=1S/C20H27N7S.HI/c1-5-17-11-21-19(28-17)13-23-20(22-12-18-26-25-15(3)27(18)4)24-14(2)16-9-7-6-8-10-16;/h6-11,14H,5,12-13H2,1-4H3,(H2,22,23,24);1H. The number of benzene rings is 1. The van der Waals surface area contributed by atoms with Crippen LogP contribution in [-0.2, 0) is 26.6 Å². The fourth-order valence-electron chi connectivity index (χ4n) is 2.67. The average molecular weight is 525 g/mol. The Labute approximate surface area is 193 Å². The minimum absolute atomic E-state index is 0. The van der Waals surface area contributed by atoms with Gasteiger partial charge >= 0.3 is 0 Å². The molecular weight excluding hydrogens is 497 g/mol. The van der Waals surface area contributed by atoms with Crippen LogP contribution in [0, 0.1) is 6.92 Å². The third-order valence-electron chi connectivity index (χ3n) is 4.57. The van der Waals surface area contributed by atoms with Gasteiger partial charge in [-0.2, -0.15) is 0 Å². The van der Waals surface area contributed by atoms with Crippen LogP contribution in [0.4, 0.5) is 0 Å². The van der Waals surface area contributed by atoms with Gasteiger partial charge in [0.2, 0.25) is 0 Å². The smallest absolute Gasteiger partial charge is 0.192 e. The number of guanidine groups is 1. The van der Waals surface area contributed by atoms with E-state index in [2.05, 4.69) is 51.8 Å². The number of nitrogens with zero attached hydrogens (tertiary/aromatic N) is 5. The molecule has 3 aromatic rings. The van der Waals surface area contributed by atoms with Crippen molar-refractivity contribution in [3.05, 3.63) is 63.6 Å². The number of aromatic nitrogens is 4. The van der Waals surface area contributed by atoms with E-state index >= 15 is 0 Å². The van der Waals surface area contributed by atoms with E-state index in [4.69, 9.17) is 4.99 Å². The molecule has 0 radical (unpaired) electrons. The van der Waals surface area contributed by atoms with E-state index in [0.717, 1.165) is 29.0 Å². The lowest BCUT2D eigenvalue weighted by Gasteiger charge is -2.18. The number of halogens is 1. The molecule has 1 atom stereocenters. The van der Waals surface area contributed by atoms with Gasteiger partial charge in [0.1, 0.15) is 17.4 Å². The Balaban J connectivity index is 0.00000300. The normalized spacial score (nSPS) is 12.3. The number of aryl methyl sites for hydroxylation is 2. The number of hydrogen-bond donors (Lipinski definition) is 2. The van der Waals surface area contributed by atoms with Crippen molar-refractivity contribution in [2.45, 2.75) is 46.3 Å². The van der Waals surface area contributed by atoms with Crippen molar-refractivity contribution in [3.63, 3.8) is 0 Å². The molecule has 9 heteroatoms. The predicted molar refractivity (Wildman–Crippen MR) is 129 cm³/mol. The highest BCUT2D eigenvalue weighted by molar-refractivity contribution is 14.0. The van der Waals surface area contributed by atoms with Crippen molar-refractivity contribution in [2.24, 2.45) is 12.0 Å². The van der Waals surface area contributed by atoms with Crippen molar-refractivity contribution >= 4 is 41.3 Å². The molecule has 1 aromatic carbocycles. The fourth-order valence-corrected chi connectivity index (χ4v) is 3.48. The van der Waals surface area contributed by atoms with Gasteiger partial charge < -0.3 is 15.2 Å². The van der Waals surface area contributed by atoms with Crippen LogP contribution in [0.15, 0.2) is 41.5 Å². The summed E-state index contributed by atoms with van der Waals surface area (Å²) in [6, 6.07) is 10.4. The summed E-state index contributed by atoms with van der Waals surface area (Å²) in [4.78, 5) is 10.5. The van der Waals surface area contributed by atoms with E-state index in [1.807, 2.05) is 42.9 Å². The second-order valence-electron chi connectivity index (χ2n) is 6.59. The molecule has 0 aliphatic rings. The molecule has 0 amide bonds. The Morgan fingerprint density at radius 2 is 2.00 bits per heavy atom. The quantitative estimate of drug-likeness (QED) is 0.279. The Bertz CT molecular complexity index is 920. The lowest BCUT2D eigenvalue weighted by Crippen LogP contribution is -2.38. The summed E-state index contributed by atoms with van der Waals surface area (Å²) < 4.78 is 1.95. The van der Waals surface area contributed by atoms with Crippen LogP contribution in [0.25, 0.3) is 0 Å². The number of hydrogen-bond acceptors (Lipinski definition) is 5. The van der Waals surface area contributed by atoms with E-state index in [1.165, 1.54) is 10.4 Å². The second-order valence-corrected chi connectivity index (χ2v) is 7.79. The summed E-state index contributed by atoms with van der Waals surface area (Å²) in [7, 11) is 1.95. The zero-order valence-corrected chi connectivity index (χ0v) is 20.4. The zero-order valence-electron chi connectivity index (χ0n) is 17.2. The Kier molecular flexibility index (Phi) is 9.02. The Morgan fingerprint density at radius 3 is 2.62 bits per heavy atom. The third kappa shape index (κ3) is 6.49. The maximum absolute atomic E-state index is 4.72. The number of aliphatic imine (C=N–C) groups is 1. The van der Waals surface area contributed by atoms with Gasteiger partial charge in [0.05, 0.1) is 12.6 Å². The van der Waals surface area contributed by atoms with Crippen LogP contribution >= 0.6 is 35.3 Å². The van der Waals surface area contributed by atoms with Gasteiger partial charge in [0.25, 0.3) is 0 Å². The fraction of sp³-hybridized carbons (Fsp3) is 0.400. The molecule has 0 fully saturated rings. The Morgan fingerprint density at radius 1 is 1.24 bits per heavy atom. The summed E-state index contributed by atoms with van der Waals surface area (Å²) in [5, 5.41) is 16.2. The molecule has 0 aliphatic heterocycles. The van der Waals surface area contributed by atoms with E-state index in [9.17, 15) is 0 Å². The molecule has 156 valence electrons. The van der Waals surface area contributed by atoms with E-state index in [1.54, 1.807) is 11.3 Å². The van der Waals surface area contributed by atoms with Crippen molar-refractivity contribution < 1.29 is 0 Å². The van der Waals surface area contributed by atoms with Crippen LogP contribution in [0.5, 0.6) is 0 Å². The van der Waals surface area contributed by atoms with Crippen molar-refractivity contribution in [1.82, 2.24) is 30.4 Å². The summed E-state index contributed by atoms with van der Waals surface area (Å²) >= 11 is 1.73. The first-order chi connectivity index (χ1) is 13.6. The van der Waals surface area contributed by atoms with Crippen LogP contribution in [0.2, 0.25) is 0 Å². The monoisotopic (exact) mass is 525 g/mol. The van der Waals surface area contributed by atoms with E-state index in [0.29, 0.717) is 13.1 Å². The minimum atomic E-state index is 0. The highest BCUT2D eigenvalue weighted by Crippen LogP contribution is 2.14. The number of rotatable bonds is 7. The van der Waals surface area contributed by atoms with E-state index < -0.39 is 0 Å². The van der Waals surface area contributed by atoms with Crippen molar-refractivity contribution in [3.8, 4) is 0 Å². The van der Waals surface area contributed by atoms with Gasteiger partial charge in [-0.1, -0.05) is 37.3 Å². The molecule has 2 aromatic heterocycles. The summed E-state index contributed by atoms with van der Waals surface area (Å²) in [6.07, 6.45) is 2.95. The van der Waals surface area contributed by atoms with Gasteiger partial charge in [-0.05, 0) is 25.8 Å². The molecule has 1 unspecified atom stereocenters. The van der Waals surface area contributed by atoms with Gasteiger partial charge in [-0.3, -0.25) is 0 Å².